The molecule has 0 unspecified atom stereocenters. The average molecular weight is 262 g/mol. The molecule has 2 rings (SSSR count). The normalized spacial score (nSPS) is 10.6. The number of aromatic amines is 2. The van der Waals surface area contributed by atoms with Crippen LogP contribution in [0.4, 0.5) is 0 Å². The number of rotatable bonds is 4. The maximum absolute atomic E-state index is 12.0. The molecular formula is C13H14N2O2S. The molecule has 1 aromatic carbocycles. The van der Waals surface area contributed by atoms with Crippen LogP contribution in [0, 0.1) is 6.92 Å². The highest BCUT2D eigenvalue weighted by Gasteiger charge is 2.12. The number of hydrogen-bond donors (Lipinski definition) is 3. The molecule has 0 saturated carbocycles. The first-order valence-electron chi connectivity index (χ1n) is 5.61. The Morgan fingerprint density at radius 3 is 2.28 bits per heavy atom. The van der Waals surface area contributed by atoms with E-state index in [1.54, 1.807) is 6.92 Å². The third-order valence-corrected chi connectivity index (χ3v) is 3.13. The van der Waals surface area contributed by atoms with Crippen molar-refractivity contribution >= 4 is 18.4 Å². The van der Waals surface area contributed by atoms with Gasteiger partial charge in [-0.3, -0.25) is 4.79 Å². The predicted molar refractivity (Wildman–Crippen MR) is 73.3 cm³/mol. The number of Topliss-reactive ketones (excluding diaryl/α,β-unsaturated/α-hetero) is 1. The van der Waals surface area contributed by atoms with Gasteiger partial charge in [-0.05, 0) is 18.1 Å². The summed E-state index contributed by atoms with van der Waals surface area (Å²) in [6.07, 6.45) is 0.279. The molecule has 1 heterocycles. The van der Waals surface area contributed by atoms with E-state index >= 15 is 0 Å². The zero-order valence-electron chi connectivity index (χ0n) is 9.99. The van der Waals surface area contributed by atoms with Crippen LogP contribution in [0.3, 0.4) is 0 Å². The van der Waals surface area contributed by atoms with Crippen molar-refractivity contribution in [2.75, 3.05) is 0 Å². The van der Waals surface area contributed by atoms with E-state index in [0.717, 1.165) is 11.1 Å². The smallest absolute Gasteiger partial charge is 0.310 e. The van der Waals surface area contributed by atoms with Gasteiger partial charge in [0.1, 0.15) is 5.69 Å². The van der Waals surface area contributed by atoms with Crippen molar-refractivity contribution in [2.24, 2.45) is 0 Å². The van der Waals surface area contributed by atoms with Crippen LogP contribution in [0.25, 0.3) is 0 Å². The van der Waals surface area contributed by atoms with E-state index in [2.05, 4.69) is 22.6 Å². The highest BCUT2D eigenvalue weighted by molar-refractivity contribution is 7.79. The van der Waals surface area contributed by atoms with Gasteiger partial charge in [0, 0.05) is 17.9 Å². The molecule has 0 fully saturated rings. The van der Waals surface area contributed by atoms with Crippen molar-refractivity contribution in [1.29, 1.82) is 0 Å². The third kappa shape index (κ3) is 2.73. The van der Waals surface area contributed by atoms with Gasteiger partial charge in [-0.2, -0.15) is 12.6 Å². The summed E-state index contributed by atoms with van der Waals surface area (Å²) in [4.78, 5) is 28.1. The zero-order valence-corrected chi connectivity index (χ0v) is 10.9. The first kappa shape index (κ1) is 12.7. The summed E-state index contributed by atoms with van der Waals surface area (Å²) in [5.41, 5.74) is 2.63. The van der Waals surface area contributed by atoms with Gasteiger partial charge in [-0.15, -0.1) is 0 Å². The number of thiol groups is 1. The second-order valence-corrected chi connectivity index (χ2v) is 4.47. The van der Waals surface area contributed by atoms with E-state index in [4.69, 9.17) is 0 Å². The Bertz CT molecular complexity index is 611. The summed E-state index contributed by atoms with van der Waals surface area (Å²) in [6, 6.07) is 7.71. The van der Waals surface area contributed by atoms with Crippen LogP contribution >= 0.6 is 12.6 Å². The maximum atomic E-state index is 12.0. The molecular weight excluding hydrogens is 248 g/mol. The Labute approximate surface area is 110 Å². The number of nitrogens with one attached hydrogen (secondary N) is 2. The molecule has 0 spiro atoms. The molecule has 0 radical (unpaired) electrons. The van der Waals surface area contributed by atoms with Crippen molar-refractivity contribution in [3.8, 4) is 0 Å². The second-order valence-electron chi connectivity index (χ2n) is 4.15. The third-order valence-electron chi connectivity index (χ3n) is 2.76. The molecule has 0 aliphatic heterocycles. The number of carbonyl (C=O) groups excluding carboxylic acids is 1. The Kier molecular flexibility index (Phi) is 3.72. The number of aryl methyl sites for hydroxylation is 1. The van der Waals surface area contributed by atoms with Crippen molar-refractivity contribution < 1.29 is 4.79 Å². The Balaban J connectivity index is 2.16. The molecule has 1 aromatic heterocycles. The van der Waals surface area contributed by atoms with Gasteiger partial charge in [0.2, 0.25) is 0 Å². The lowest BCUT2D eigenvalue weighted by molar-refractivity contribution is 0.0988. The highest BCUT2D eigenvalue weighted by Crippen LogP contribution is 2.10. The summed E-state index contributed by atoms with van der Waals surface area (Å²) in [5, 5.41) is 0. The molecule has 18 heavy (non-hydrogen) atoms. The van der Waals surface area contributed by atoms with Gasteiger partial charge in [-0.25, -0.2) is 4.79 Å². The number of imidazole rings is 1. The lowest BCUT2D eigenvalue weighted by Crippen LogP contribution is -2.08. The van der Waals surface area contributed by atoms with E-state index < -0.39 is 0 Å². The topological polar surface area (TPSA) is 65.7 Å². The van der Waals surface area contributed by atoms with E-state index in [1.165, 1.54) is 0 Å². The summed E-state index contributed by atoms with van der Waals surface area (Å²) >= 11 is 4.18. The van der Waals surface area contributed by atoms with E-state index in [-0.39, 0.29) is 17.9 Å². The summed E-state index contributed by atoms with van der Waals surface area (Å²) in [6.45, 7) is 1.70. The van der Waals surface area contributed by atoms with E-state index in [9.17, 15) is 9.59 Å². The van der Waals surface area contributed by atoms with Crippen molar-refractivity contribution in [3.05, 3.63) is 57.3 Å². The van der Waals surface area contributed by atoms with Crippen LogP contribution in [0.2, 0.25) is 0 Å². The van der Waals surface area contributed by atoms with Gasteiger partial charge in [0.15, 0.2) is 5.78 Å². The Morgan fingerprint density at radius 2 is 1.78 bits per heavy atom. The van der Waals surface area contributed by atoms with Gasteiger partial charge < -0.3 is 9.97 Å². The quantitative estimate of drug-likeness (QED) is 0.581. The van der Waals surface area contributed by atoms with Crippen LogP contribution in [-0.2, 0) is 12.2 Å². The fourth-order valence-electron chi connectivity index (χ4n) is 1.79. The molecule has 0 amide bonds. The summed E-state index contributed by atoms with van der Waals surface area (Å²) in [7, 11) is 0. The van der Waals surface area contributed by atoms with Crippen LogP contribution in [0.5, 0.6) is 0 Å². The lowest BCUT2D eigenvalue weighted by Gasteiger charge is -2.02. The maximum Gasteiger partial charge on any atom is 0.323 e. The number of hydrogen-bond acceptors (Lipinski definition) is 3. The van der Waals surface area contributed by atoms with Crippen LogP contribution in [0.15, 0.2) is 29.1 Å². The number of ketones is 1. The van der Waals surface area contributed by atoms with Crippen LogP contribution < -0.4 is 5.69 Å². The molecule has 0 aliphatic rings. The molecule has 2 aromatic rings. The molecule has 5 heteroatoms. The minimum atomic E-state index is -0.346. The Morgan fingerprint density at radius 1 is 1.17 bits per heavy atom. The minimum absolute atomic E-state index is 0.0931. The van der Waals surface area contributed by atoms with Crippen molar-refractivity contribution in [2.45, 2.75) is 19.1 Å². The van der Waals surface area contributed by atoms with Crippen LogP contribution in [-0.4, -0.2) is 15.8 Å². The number of aromatic nitrogens is 2. The number of benzene rings is 1. The van der Waals surface area contributed by atoms with Gasteiger partial charge >= 0.3 is 5.69 Å². The molecule has 94 valence electrons. The summed E-state index contributed by atoms with van der Waals surface area (Å²) in [5.74, 6) is 0.586. The number of carbonyl (C=O) groups is 1. The van der Waals surface area contributed by atoms with Crippen molar-refractivity contribution in [3.63, 3.8) is 0 Å². The molecule has 4 nitrogen and oxygen atoms in total. The zero-order chi connectivity index (χ0) is 13.1. The Hall–Kier alpha value is -1.75. The first-order valence-corrected chi connectivity index (χ1v) is 6.24. The summed E-state index contributed by atoms with van der Waals surface area (Å²) < 4.78 is 0. The fraction of sp³-hybridized carbons (Fsp3) is 0.231. The lowest BCUT2D eigenvalue weighted by atomic mass is 10.0. The van der Waals surface area contributed by atoms with Gasteiger partial charge in [-0.1, -0.05) is 24.3 Å². The van der Waals surface area contributed by atoms with Gasteiger partial charge in [0.25, 0.3) is 0 Å². The SMILES string of the molecule is Cc1[nH]c(=O)[nH]c1C(=O)Cc1ccc(CS)cc1. The average Bonchev–Trinajstić information content (AvgIpc) is 2.69. The molecule has 0 atom stereocenters. The van der Waals surface area contributed by atoms with Gasteiger partial charge in [0.05, 0.1) is 0 Å². The number of H-pyrrole nitrogens is 2. The molecule has 0 bridgehead atoms. The largest absolute Gasteiger partial charge is 0.323 e. The molecule has 2 N–H and O–H groups in total. The predicted octanol–water partition coefficient (Wildman–Crippen LogP) is 1.87. The van der Waals surface area contributed by atoms with E-state index in [0.29, 0.717) is 17.1 Å². The van der Waals surface area contributed by atoms with Crippen LogP contribution in [0.1, 0.15) is 27.3 Å². The molecule has 0 aliphatic carbocycles. The standard InChI is InChI=1S/C13H14N2O2S/c1-8-12(15-13(17)14-8)11(16)6-9-2-4-10(7-18)5-3-9/h2-5,18H,6-7H2,1H3,(H2,14,15,17). The fourth-order valence-corrected chi connectivity index (χ4v) is 2.00. The minimum Gasteiger partial charge on any atom is -0.310 e. The second kappa shape index (κ2) is 5.27. The van der Waals surface area contributed by atoms with Crippen molar-refractivity contribution in [1.82, 2.24) is 9.97 Å². The first-order chi connectivity index (χ1) is 8.60. The monoisotopic (exact) mass is 262 g/mol. The highest BCUT2D eigenvalue weighted by atomic mass is 32.1. The molecule has 0 saturated heterocycles. The van der Waals surface area contributed by atoms with E-state index in [1.807, 2.05) is 24.3 Å².